The molecule has 0 radical (unpaired) electrons. The average Bonchev–Trinajstić information content (AvgIpc) is 2.57. The van der Waals surface area contributed by atoms with E-state index >= 15 is 0 Å². The summed E-state index contributed by atoms with van der Waals surface area (Å²) in [6.07, 6.45) is 0. The van der Waals surface area contributed by atoms with Crippen LogP contribution in [-0.4, -0.2) is 18.7 Å². The first-order valence-electron chi connectivity index (χ1n) is 6.43. The lowest BCUT2D eigenvalue weighted by atomic mass is 9.84. The second-order valence-corrected chi connectivity index (χ2v) is 4.83. The van der Waals surface area contributed by atoms with Crippen LogP contribution in [0.3, 0.4) is 0 Å². The predicted octanol–water partition coefficient (Wildman–Crippen LogP) is 2.03. The molecule has 0 aromatic heterocycles. The van der Waals surface area contributed by atoms with Crippen molar-refractivity contribution in [2.45, 2.75) is 12.2 Å². The monoisotopic (exact) mass is 255 g/mol. The molecule has 0 aliphatic carbocycles. The van der Waals surface area contributed by atoms with Gasteiger partial charge in [0.2, 0.25) is 0 Å². The fourth-order valence-corrected chi connectivity index (χ4v) is 2.73. The van der Waals surface area contributed by atoms with Gasteiger partial charge in [0, 0.05) is 12.1 Å². The van der Waals surface area contributed by atoms with Gasteiger partial charge in [-0.1, -0.05) is 42.5 Å². The number of rotatable bonds is 2. The van der Waals surface area contributed by atoms with E-state index in [1.807, 2.05) is 55.6 Å². The molecular formula is C16H17NO2. The van der Waals surface area contributed by atoms with E-state index in [2.05, 4.69) is 5.32 Å². The van der Waals surface area contributed by atoms with Crippen LogP contribution in [0.4, 0.5) is 0 Å². The number of hydrogen-bond acceptors (Lipinski definition) is 3. The summed E-state index contributed by atoms with van der Waals surface area (Å²) in [6, 6.07) is 15.6. The van der Waals surface area contributed by atoms with Gasteiger partial charge in [-0.25, -0.2) is 0 Å². The van der Waals surface area contributed by atoms with Crippen molar-refractivity contribution in [3.05, 3.63) is 65.2 Å². The summed E-state index contributed by atoms with van der Waals surface area (Å²) in [4.78, 5) is 0. The summed E-state index contributed by atoms with van der Waals surface area (Å²) >= 11 is 0. The Morgan fingerprint density at radius 1 is 1.11 bits per heavy atom. The molecule has 2 aromatic rings. The summed E-state index contributed by atoms with van der Waals surface area (Å²) in [5, 5.41) is 14.3. The first kappa shape index (κ1) is 12.2. The largest absolute Gasteiger partial charge is 0.488 e. The first-order chi connectivity index (χ1) is 9.25. The van der Waals surface area contributed by atoms with Gasteiger partial charge in [0.1, 0.15) is 18.0 Å². The molecule has 0 saturated heterocycles. The Morgan fingerprint density at radius 2 is 1.79 bits per heavy atom. The van der Waals surface area contributed by atoms with E-state index in [1.54, 1.807) is 0 Å². The predicted molar refractivity (Wildman–Crippen MR) is 74.1 cm³/mol. The van der Waals surface area contributed by atoms with Crippen LogP contribution in [0.15, 0.2) is 48.5 Å². The number of nitrogens with one attached hydrogen (secondary N) is 1. The quantitative estimate of drug-likeness (QED) is 0.863. The topological polar surface area (TPSA) is 41.5 Å². The number of aliphatic hydroxyl groups is 1. The molecule has 1 aliphatic rings. The van der Waals surface area contributed by atoms with E-state index < -0.39 is 5.60 Å². The highest BCUT2D eigenvalue weighted by atomic mass is 16.5. The lowest BCUT2D eigenvalue weighted by Crippen LogP contribution is -2.38. The van der Waals surface area contributed by atoms with E-state index in [1.165, 1.54) is 0 Å². The van der Waals surface area contributed by atoms with E-state index in [9.17, 15) is 5.11 Å². The van der Waals surface area contributed by atoms with Crippen molar-refractivity contribution >= 4 is 0 Å². The van der Waals surface area contributed by atoms with E-state index in [0.717, 1.165) is 22.4 Å². The molecular weight excluding hydrogens is 238 g/mol. The molecule has 1 aliphatic heterocycles. The Balaban J connectivity index is 2.25. The maximum Gasteiger partial charge on any atom is 0.131 e. The molecule has 0 spiro atoms. The Morgan fingerprint density at radius 3 is 2.58 bits per heavy atom. The van der Waals surface area contributed by atoms with Gasteiger partial charge in [-0.2, -0.15) is 0 Å². The molecule has 0 amide bonds. The van der Waals surface area contributed by atoms with E-state index in [0.29, 0.717) is 13.2 Å². The second-order valence-electron chi connectivity index (χ2n) is 4.83. The maximum atomic E-state index is 11.2. The van der Waals surface area contributed by atoms with Crippen molar-refractivity contribution in [3.63, 3.8) is 0 Å². The molecule has 1 unspecified atom stereocenters. The molecule has 1 heterocycles. The van der Waals surface area contributed by atoms with Crippen molar-refractivity contribution in [1.82, 2.24) is 5.32 Å². The van der Waals surface area contributed by atoms with E-state index in [4.69, 9.17) is 4.74 Å². The summed E-state index contributed by atoms with van der Waals surface area (Å²) < 4.78 is 5.83. The molecule has 2 aromatic carbocycles. The molecule has 3 rings (SSSR count). The van der Waals surface area contributed by atoms with Crippen molar-refractivity contribution in [2.75, 3.05) is 13.6 Å². The smallest absolute Gasteiger partial charge is 0.131 e. The molecule has 19 heavy (non-hydrogen) atoms. The number of para-hydroxylation sites is 1. The summed E-state index contributed by atoms with van der Waals surface area (Å²) in [5.41, 5.74) is 1.69. The van der Waals surface area contributed by atoms with Gasteiger partial charge in [-0.05, 0) is 24.2 Å². The van der Waals surface area contributed by atoms with Crippen LogP contribution in [0, 0.1) is 0 Å². The lowest BCUT2D eigenvalue weighted by Gasteiger charge is -2.29. The standard InChI is InChI=1S/C16H17NO2/c1-17-11-16(18)13-7-3-2-6-12(13)10-19-15-9-5-4-8-14(15)16/h2-9,17-18H,10-11H2,1H3. The van der Waals surface area contributed by atoms with Crippen LogP contribution in [0.5, 0.6) is 5.75 Å². The van der Waals surface area contributed by atoms with Gasteiger partial charge in [0.25, 0.3) is 0 Å². The van der Waals surface area contributed by atoms with Gasteiger partial charge in [0.05, 0.1) is 0 Å². The minimum absolute atomic E-state index is 0.449. The summed E-state index contributed by atoms with van der Waals surface area (Å²) in [7, 11) is 1.84. The highest BCUT2D eigenvalue weighted by Gasteiger charge is 2.37. The minimum atomic E-state index is -1.06. The van der Waals surface area contributed by atoms with Gasteiger partial charge in [-0.15, -0.1) is 0 Å². The van der Waals surface area contributed by atoms with Crippen LogP contribution in [0.1, 0.15) is 16.7 Å². The third-order valence-electron chi connectivity index (χ3n) is 3.61. The SMILES string of the molecule is CNCC1(O)c2ccccc2COc2ccccc21. The van der Waals surface area contributed by atoms with Gasteiger partial charge in [0.15, 0.2) is 0 Å². The lowest BCUT2D eigenvalue weighted by molar-refractivity contribution is 0.0815. The van der Waals surface area contributed by atoms with Crippen molar-refractivity contribution in [3.8, 4) is 5.75 Å². The minimum Gasteiger partial charge on any atom is -0.488 e. The molecule has 2 N–H and O–H groups in total. The zero-order chi connectivity index (χ0) is 13.3. The van der Waals surface area contributed by atoms with Crippen molar-refractivity contribution in [1.29, 1.82) is 0 Å². The van der Waals surface area contributed by atoms with Crippen LogP contribution in [0.2, 0.25) is 0 Å². The number of hydrogen-bond donors (Lipinski definition) is 2. The Hall–Kier alpha value is -1.84. The second kappa shape index (κ2) is 4.68. The molecule has 3 heteroatoms. The average molecular weight is 255 g/mol. The highest BCUT2D eigenvalue weighted by Crippen LogP contribution is 2.39. The molecule has 98 valence electrons. The molecule has 0 saturated carbocycles. The number of ether oxygens (including phenoxy) is 1. The van der Waals surface area contributed by atoms with Crippen LogP contribution in [0.25, 0.3) is 0 Å². The Labute approximate surface area is 112 Å². The zero-order valence-corrected chi connectivity index (χ0v) is 10.9. The molecule has 0 fully saturated rings. The van der Waals surface area contributed by atoms with Gasteiger partial charge in [-0.3, -0.25) is 0 Å². The fourth-order valence-electron chi connectivity index (χ4n) is 2.73. The van der Waals surface area contributed by atoms with Crippen LogP contribution >= 0.6 is 0 Å². The maximum absolute atomic E-state index is 11.2. The number of benzene rings is 2. The zero-order valence-electron chi connectivity index (χ0n) is 10.9. The summed E-state index contributed by atoms with van der Waals surface area (Å²) in [5.74, 6) is 0.747. The Bertz CT molecular complexity index is 547. The molecule has 1 atom stereocenters. The first-order valence-corrected chi connectivity index (χ1v) is 6.43. The Kier molecular flexibility index (Phi) is 3.01. The summed E-state index contributed by atoms with van der Waals surface area (Å²) in [6.45, 7) is 0.934. The van der Waals surface area contributed by atoms with E-state index in [-0.39, 0.29) is 0 Å². The van der Waals surface area contributed by atoms with Crippen LogP contribution < -0.4 is 10.1 Å². The van der Waals surface area contributed by atoms with Crippen molar-refractivity contribution in [2.24, 2.45) is 0 Å². The van der Waals surface area contributed by atoms with Crippen molar-refractivity contribution < 1.29 is 9.84 Å². The van der Waals surface area contributed by atoms with Gasteiger partial charge >= 0.3 is 0 Å². The number of fused-ring (bicyclic) bond motifs is 2. The fraction of sp³-hybridized carbons (Fsp3) is 0.250. The normalized spacial score (nSPS) is 20.9. The number of likely N-dealkylation sites (N-methyl/N-ethyl adjacent to an activating group) is 1. The van der Waals surface area contributed by atoms with Gasteiger partial charge < -0.3 is 15.2 Å². The third kappa shape index (κ3) is 1.91. The molecule has 0 bridgehead atoms. The van der Waals surface area contributed by atoms with Crippen LogP contribution in [-0.2, 0) is 12.2 Å². The molecule has 3 nitrogen and oxygen atoms in total. The highest BCUT2D eigenvalue weighted by molar-refractivity contribution is 5.49. The third-order valence-corrected chi connectivity index (χ3v) is 3.61.